The third-order valence-corrected chi connectivity index (χ3v) is 3.48. The van der Waals surface area contributed by atoms with Crippen LogP contribution in [0.2, 0.25) is 0 Å². The maximum absolute atomic E-state index is 11.6. The van der Waals surface area contributed by atoms with Crippen LogP contribution in [0.5, 0.6) is 0 Å². The topological polar surface area (TPSA) is 64.2 Å². The van der Waals surface area contributed by atoms with Crippen LogP contribution in [0.1, 0.15) is 5.56 Å². The van der Waals surface area contributed by atoms with E-state index in [1.165, 1.54) is 0 Å². The molecule has 0 spiro atoms. The minimum Gasteiger partial charge on any atom is -0.369 e. The number of carbonyl (C=O) groups excluding carboxylic acids is 1. The van der Waals surface area contributed by atoms with Crippen LogP contribution >= 0.6 is 0 Å². The van der Waals surface area contributed by atoms with Crippen LogP contribution in [0.15, 0.2) is 24.4 Å². The number of nitrogen functional groups attached to an aromatic ring is 1. The van der Waals surface area contributed by atoms with Gasteiger partial charge in [-0.1, -0.05) is 6.07 Å². The van der Waals surface area contributed by atoms with Gasteiger partial charge < -0.3 is 15.2 Å². The van der Waals surface area contributed by atoms with Crippen molar-refractivity contribution in [2.75, 3.05) is 17.7 Å². The normalized spacial score (nSPS) is 14.1. The lowest BCUT2D eigenvalue weighted by atomic mass is 10.1. The van der Waals surface area contributed by atoms with Crippen molar-refractivity contribution >= 4 is 17.5 Å². The lowest BCUT2D eigenvalue weighted by Gasteiger charge is -2.10. The standard InChI is InChI=1S/C13H14N4O/c1-16-10-4-3-8(5-9(10)6-12(16)18)11-7-15-13(14)17(11)2/h3-5,7H,6H2,1-2H3,(H2,14,15). The first-order valence-corrected chi connectivity index (χ1v) is 5.75. The van der Waals surface area contributed by atoms with E-state index in [1.807, 2.05) is 29.8 Å². The van der Waals surface area contributed by atoms with E-state index in [2.05, 4.69) is 4.98 Å². The van der Waals surface area contributed by atoms with Crippen molar-refractivity contribution in [2.24, 2.45) is 7.05 Å². The molecule has 1 aromatic carbocycles. The zero-order valence-corrected chi connectivity index (χ0v) is 10.3. The van der Waals surface area contributed by atoms with Gasteiger partial charge in [0.1, 0.15) is 0 Å². The Kier molecular flexibility index (Phi) is 2.16. The van der Waals surface area contributed by atoms with Gasteiger partial charge in [-0.25, -0.2) is 4.98 Å². The first-order valence-electron chi connectivity index (χ1n) is 5.75. The highest BCUT2D eigenvalue weighted by Gasteiger charge is 2.24. The summed E-state index contributed by atoms with van der Waals surface area (Å²) in [5.74, 6) is 0.616. The van der Waals surface area contributed by atoms with Gasteiger partial charge in [0.2, 0.25) is 5.91 Å². The summed E-state index contributed by atoms with van der Waals surface area (Å²) in [5.41, 5.74) is 9.75. The number of imidazole rings is 1. The predicted octanol–water partition coefficient (Wildman–Crippen LogP) is 1.19. The highest BCUT2D eigenvalue weighted by Crippen LogP contribution is 2.32. The van der Waals surface area contributed by atoms with Gasteiger partial charge in [0.05, 0.1) is 18.3 Å². The van der Waals surface area contributed by atoms with Crippen LogP contribution < -0.4 is 10.6 Å². The number of aromatic nitrogens is 2. The number of amides is 1. The van der Waals surface area contributed by atoms with Crippen molar-refractivity contribution < 1.29 is 4.79 Å². The van der Waals surface area contributed by atoms with Crippen LogP contribution in [0.3, 0.4) is 0 Å². The molecule has 18 heavy (non-hydrogen) atoms. The smallest absolute Gasteiger partial charge is 0.231 e. The number of carbonyl (C=O) groups is 1. The predicted molar refractivity (Wildman–Crippen MR) is 70.2 cm³/mol. The molecule has 2 heterocycles. The van der Waals surface area contributed by atoms with Crippen molar-refractivity contribution in [3.63, 3.8) is 0 Å². The van der Waals surface area contributed by atoms with Gasteiger partial charge in [-0.05, 0) is 17.7 Å². The van der Waals surface area contributed by atoms with Crippen molar-refractivity contribution in [1.29, 1.82) is 0 Å². The molecule has 0 unspecified atom stereocenters. The fraction of sp³-hybridized carbons (Fsp3) is 0.231. The second kappa shape index (κ2) is 3.60. The summed E-state index contributed by atoms with van der Waals surface area (Å²) in [5, 5.41) is 0. The summed E-state index contributed by atoms with van der Waals surface area (Å²) in [6, 6.07) is 6.00. The number of hydrogen-bond acceptors (Lipinski definition) is 3. The number of nitrogens with zero attached hydrogens (tertiary/aromatic N) is 3. The van der Waals surface area contributed by atoms with E-state index in [4.69, 9.17) is 5.73 Å². The van der Waals surface area contributed by atoms with Crippen LogP contribution in [0.4, 0.5) is 11.6 Å². The van der Waals surface area contributed by atoms with Crippen molar-refractivity contribution in [1.82, 2.24) is 9.55 Å². The summed E-state index contributed by atoms with van der Waals surface area (Å²) in [4.78, 5) is 17.4. The van der Waals surface area contributed by atoms with Gasteiger partial charge in [-0.15, -0.1) is 0 Å². The number of anilines is 2. The molecule has 2 N–H and O–H groups in total. The number of hydrogen-bond donors (Lipinski definition) is 1. The monoisotopic (exact) mass is 242 g/mol. The molecule has 1 aromatic heterocycles. The SMILES string of the molecule is CN1C(=O)Cc2cc(-c3cnc(N)n3C)ccc21. The molecule has 0 saturated carbocycles. The number of likely N-dealkylation sites (N-methyl/N-ethyl adjacent to an activating group) is 1. The van der Waals surface area contributed by atoms with Crippen molar-refractivity contribution in [2.45, 2.75) is 6.42 Å². The molecule has 92 valence electrons. The zero-order valence-electron chi connectivity index (χ0n) is 10.3. The second-order valence-corrected chi connectivity index (χ2v) is 4.53. The molecule has 0 saturated heterocycles. The van der Waals surface area contributed by atoms with Gasteiger partial charge in [0.15, 0.2) is 5.95 Å². The Labute approximate surface area is 105 Å². The number of fused-ring (bicyclic) bond motifs is 1. The minimum atomic E-state index is 0.131. The molecule has 0 radical (unpaired) electrons. The van der Waals surface area contributed by atoms with E-state index >= 15 is 0 Å². The molecule has 2 aromatic rings. The van der Waals surface area contributed by atoms with Crippen molar-refractivity contribution in [3.05, 3.63) is 30.0 Å². The first kappa shape index (κ1) is 10.8. The van der Waals surface area contributed by atoms with E-state index in [1.54, 1.807) is 18.1 Å². The zero-order chi connectivity index (χ0) is 12.9. The summed E-state index contributed by atoms with van der Waals surface area (Å²) in [6.07, 6.45) is 2.21. The molecule has 0 atom stereocenters. The lowest BCUT2D eigenvalue weighted by molar-refractivity contribution is -0.117. The molecule has 3 rings (SSSR count). The summed E-state index contributed by atoms with van der Waals surface area (Å²) < 4.78 is 1.84. The average Bonchev–Trinajstić information content (AvgIpc) is 2.82. The minimum absolute atomic E-state index is 0.131. The van der Waals surface area contributed by atoms with E-state index in [0.29, 0.717) is 12.4 Å². The molecular weight excluding hydrogens is 228 g/mol. The lowest BCUT2D eigenvalue weighted by Crippen LogP contribution is -2.20. The maximum atomic E-state index is 11.6. The third-order valence-electron chi connectivity index (χ3n) is 3.48. The average molecular weight is 242 g/mol. The second-order valence-electron chi connectivity index (χ2n) is 4.53. The highest BCUT2D eigenvalue weighted by atomic mass is 16.2. The Bertz CT molecular complexity index is 644. The summed E-state index contributed by atoms with van der Waals surface area (Å²) in [7, 11) is 3.68. The van der Waals surface area contributed by atoms with Gasteiger partial charge in [0, 0.05) is 25.3 Å². The maximum Gasteiger partial charge on any atom is 0.231 e. The van der Waals surface area contributed by atoms with Gasteiger partial charge >= 0.3 is 0 Å². The van der Waals surface area contributed by atoms with E-state index < -0.39 is 0 Å². The first-order chi connectivity index (χ1) is 8.58. The Balaban J connectivity index is 2.10. The number of rotatable bonds is 1. The number of nitrogens with two attached hydrogens (primary N) is 1. The van der Waals surface area contributed by atoms with E-state index in [9.17, 15) is 4.79 Å². The Hall–Kier alpha value is -2.30. The fourth-order valence-corrected chi connectivity index (χ4v) is 2.32. The molecule has 1 aliphatic heterocycles. The third kappa shape index (κ3) is 1.40. The summed E-state index contributed by atoms with van der Waals surface area (Å²) >= 11 is 0. The molecule has 5 heteroatoms. The fourth-order valence-electron chi connectivity index (χ4n) is 2.32. The van der Waals surface area contributed by atoms with Gasteiger partial charge in [-0.2, -0.15) is 0 Å². The molecule has 0 fully saturated rings. The molecule has 5 nitrogen and oxygen atoms in total. The van der Waals surface area contributed by atoms with Crippen LogP contribution in [-0.2, 0) is 18.3 Å². The van der Waals surface area contributed by atoms with E-state index in [0.717, 1.165) is 22.5 Å². The van der Waals surface area contributed by atoms with Crippen LogP contribution in [0.25, 0.3) is 11.3 Å². The van der Waals surface area contributed by atoms with Gasteiger partial charge in [0.25, 0.3) is 0 Å². The quantitative estimate of drug-likeness (QED) is 0.817. The van der Waals surface area contributed by atoms with Gasteiger partial charge in [-0.3, -0.25) is 4.79 Å². The highest BCUT2D eigenvalue weighted by molar-refractivity contribution is 6.01. The summed E-state index contributed by atoms with van der Waals surface area (Å²) in [6.45, 7) is 0. The molecular formula is C13H14N4O. The molecule has 0 aliphatic carbocycles. The van der Waals surface area contributed by atoms with Crippen LogP contribution in [0, 0.1) is 0 Å². The van der Waals surface area contributed by atoms with Crippen LogP contribution in [-0.4, -0.2) is 22.5 Å². The van der Waals surface area contributed by atoms with Crippen molar-refractivity contribution in [3.8, 4) is 11.3 Å². The Morgan fingerprint density at radius 2 is 2.11 bits per heavy atom. The Morgan fingerprint density at radius 3 is 2.78 bits per heavy atom. The van der Waals surface area contributed by atoms with E-state index in [-0.39, 0.29) is 5.91 Å². The molecule has 0 bridgehead atoms. The Morgan fingerprint density at radius 1 is 1.33 bits per heavy atom. The largest absolute Gasteiger partial charge is 0.369 e. The molecule has 1 aliphatic rings. The molecule has 1 amide bonds. The number of benzene rings is 1.